The van der Waals surface area contributed by atoms with E-state index in [1.165, 1.54) is 13.0 Å². The number of hydrogen-bond acceptors (Lipinski definition) is 5. The number of carbonyl (C=O) groups excluding carboxylic acids is 2. The van der Waals surface area contributed by atoms with Gasteiger partial charge in [0, 0.05) is 39.2 Å². The lowest BCUT2D eigenvalue weighted by Gasteiger charge is -2.34. The van der Waals surface area contributed by atoms with E-state index in [-0.39, 0.29) is 29.4 Å². The van der Waals surface area contributed by atoms with Gasteiger partial charge >= 0.3 is 0 Å². The van der Waals surface area contributed by atoms with Crippen LogP contribution in [0.5, 0.6) is 5.75 Å². The summed E-state index contributed by atoms with van der Waals surface area (Å²) in [5, 5.41) is 0. The van der Waals surface area contributed by atoms with Crippen LogP contribution in [-0.2, 0) is 14.8 Å². The Balaban J connectivity index is 2.40. The van der Waals surface area contributed by atoms with E-state index in [1.54, 1.807) is 36.0 Å². The van der Waals surface area contributed by atoms with E-state index < -0.39 is 10.0 Å². The van der Waals surface area contributed by atoms with Crippen LogP contribution in [-0.4, -0.2) is 69.6 Å². The smallest absolute Gasteiger partial charge is 0.257 e. The number of sulfonamides is 1. The molecule has 1 aliphatic rings. The number of benzene rings is 1. The lowest BCUT2D eigenvalue weighted by atomic mass is 10.0. The van der Waals surface area contributed by atoms with Gasteiger partial charge in [-0.25, -0.2) is 8.42 Å². The summed E-state index contributed by atoms with van der Waals surface area (Å²) in [5.74, 6) is 0.0599. The molecule has 2 atom stereocenters. The van der Waals surface area contributed by atoms with Crippen LogP contribution in [0.2, 0.25) is 0 Å². The van der Waals surface area contributed by atoms with Crippen molar-refractivity contribution in [1.82, 2.24) is 9.80 Å². The molecule has 0 saturated carbocycles. The Morgan fingerprint density at radius 1 is 1.42 bits per heavy atom. The number of hydrogen-bond donors (Lipinski definition) is 1. The molecule has 144 valence electrons. The first-order valence-electron chi connectivity index (χ1n) is 8.23. The highest BCUT2D eigenvalue weighted by Gasteiger charge is 2.30. The van der Waals surface area contributed by atoms with Gasteiger partial charge in [-0.3, -0.25) is 14.3 Å². The molecule has 2 amide bonds. The average molecular weight is 383 g/mol. The van der Waals surface area contributed by atoms with E-state index >= 15 is 0 Å². The van der Waals surface area contributed by atoms with Crippen LogP contribution in [0.4, 0.5) is 5.69 Å². The summed E-state index contributed by atoms with van der Waals surface area (Å²) in [6, 6.07) is 4.59. The largest absolute Gasteiger partial charge is 0.487 e. The first-order chi connectivity index (χ1) is 12.0. The second-order valence-electron chi connectivity index (χ2n) is 6.80. The van der Waals surface area contributed by atoms with Crippen LogP contribution >= 0.6 is 0 Å². The van der Waals surface area contributed by atoms with Gasteiger partial charge in [0.1, 0.15) is 11.9 Å². The second-order valence-corrected chi connectivity index (χ2v) is 8.55. The van der Waals surface area contributed by atoms with Gasteiger partial charge in [-0.05, 0) is 18.2 Å². The molecule has 1 aromatic rings. The summed E-state index contributed by atoms with van der Waals surface area (Å²) < 4.78 is 31.3. The van der Waals surface area contributed by atoms with Gasteiger partial charge in [0.25, 0.3) is 5.91 Å². The number of carbonyl (C=O) groups is 2. The van der Waals surface area contributed by atoms with Gasteiger partial charge in [-0.15, -0.1) is 0 Å². The van der Waals surface area contributed by atoms with E-state index in [2.05, 4.69) is 4.72 Å². The molecule has 0 saturated heterocycles. The Hall–Kier alpha value is -2.29. The fraction of sp³-hybridized carbons (Fsp3) is 0.529. The number of anilines is 1. The number of likely N-dealkylation sites (N-methyl/N-ethyl adjacent to an activating group) is 1. The molecule has 1 heterocycles. The number of nitrogens with zero attached hydrogens (tertiary/aromatic N) is 2. The summed E-state index contributed by atoms with van der Waals surface area (Å²) in [6.07, 6.45) is 0.746. The van der Waals surface area contributed by atoms with Gasteiger partial charge in [0.2, 0.25) is 15.9 Å². The highest BCUT2D eigenvalue weighted by atomic mass is 32.2. The van der Waals surface area contributed by atoms with Crippen molar-refractivity contribution in [2.75, 3.05) is 38.2 Å². The van der Waals surface area contributed by atoms with Crippen molar-refractivity contribution in [2.24, 2.45) is 5.92 Å². The number of ether oxygens (including phenoxy) is 1. The Labute approximate surface area is 154 Å². The molecular weight excluding hydrogens is 358 g/mol. The minimum atomic E-state index is -3.46. The molecule has 2 rings (SSSR count). The van der Waals surface area contributed by atoms with E-state index in [1.807, 2.05) is 6.92 Å². The van der Waals surface area contributed by atoms with Gasteiger partial charge < -0.3 is 14.5 Å². The first kappa shape index (κ1) is 20.0. The minimum Gasteiger partial charge on any atom is -0.487 e. The molecule has 0 bridgehead atoms. The van der Waals surface area contributed by atoms with Crippen molar-refractivity contribution in [3.8, 4) is 5.75 Å². The zero-order chi connectivity index (χ0) is 19.6. The molecule has 0 spiro atoms. The zero-order valence-corrected chi connectivity index (χ0v) is 16.5. The van der Waals surface area contributed by atoms with Crippen LogP contribution in [0.3, 0.4) is 0 Å². The van der Waals surface area contributed by atoms with Crippen LogP contribution in [0.15, 0.2) is 18.2 Å². The van der Waals surface area contributed by atoms with Crippen molar-refractivity contribution in [3.63, 3.8) is 0 Å². The topological polar surface area (TPSA) is 96.0 Å². The molecule has 1 aromatic carbocycles. The van der Waals surface area contributed by atoms with Gasteiger partial charge in [0.15, 0.2) is 0 Å². The third-order valence-corrected chi connectivity index (χ3v) is 4.93. The van der Waals surface area contributed by atoms with Crippen molar-refractivity contribution < 1.29 is 22.7 Å². The van der Waals surface area contributed by atoms with E-state index in [9.17, 15) is 18.0 Å². The third-order valence-electron chi connectivity index (χ3n) is 4.33. The third kappa shape index (κ3) is 4.87. The molecule has 1 N–H and O–H groups in total. The molecule has 1 aliphatic heterocycles. The van der Waals surface area contributed by atoms with Crippen molar-refractivity contribution in [2.45, 2.75) is 20.0 Å². The first-order valence-corrected chi connectivity index (χ1v) is 10.1. The Morgan fingerprint density at radius 3 is 2.65 bits per heavy atom. The minimum absolute atomic E-state index is 0.00715. The molecule has 0 aromatic heterocycles. The highest BCUT2D eigenvalue weighted by Crippen LogP contribution is 2.29. The summed E-state index contributed by atoms with van der Waals surface area (Å²) in [4.78, 5) is 27.4. The lowest BCUT2D eigenvalue weighted by Crippen LogP contribution is -2.45. The van der Waals surface area contributed by atoms with E-state index in [0.29, 0.717) is 24.5 Å². The number of nitrogens with one attached hydrogen (secondary N) is 1. The van der Waals surface area contributed by atoms with Crippen LogP contribution in [0.1, 0.15) is 24.2 Å². The summed E-state index contributed by atoms with van der Waals surface area (Å²) in [5.41, 5.74) is 0.575. The normalized spacial score (nSPS) is 20.5. The van der Waals surface area contributed by atoms with Crippen LogP contribution in [0.25, 0.3) is 0 Å². The molecule has 26 heavy (non-hydrogen) atoms. The zero-order valence-electron chi connectivity index (χ0n) is 15.6. The highest BCUT2D eigenvalue weighted by molar-refractivity contribution is 7.92. The Morgan fingerprint density at radius 2 is 2.08 bits per heavy atom. The Bertz CT molecular complexity index is 809. The fourth-order valence-electron chi connectivity index (χ4n) is 2.81. The van der Waals surface area contributed by atoms with Gasteiger partial charge in [0.05, 0.1) is 18.4 Å². The summed E-state index contributed by atoms with van der Waals surface area (Å²) in [7, 11) is -0.0646. The van der Waals surface area contributed by atoms with E-state index in [4.69, 9.17) is 4.74 Å². The quantitative estimate of drug-likeness (QED) is 0.837. The maximum atomic E-state index is 12.7. The number of rotatable bonds is 4. The summed E-state index contributed by atoms with van der Waals surface area (Å²) >= 11 is 0. The maximum Gasteiger partial charge on any atom is 0.257 e. The van der Waals surface area contributed by atoms with Crippen LogP contribution in [0, 0.1) is 5.92 Å². The predicted octanol–water partition coefficient (Wildman–Crippen LogP) is 1.01. The van der Waals surface area contributed by atoms with Crippen molar-refractivity contribution in [3.05, 3.63) is 23.8 Å². The Kier molecular flexibility index (Phi) is 5.80. The number of amides is 2. The lowest BCUT2D eigenvalue weighted by molar-refractivity contribution is -0.129. The molecule has 9 heteroatoms. The van der Waals surface area contributed by atoms with Gasteiger partial charge in [-0.2, -0.15) is 0 Å². The fourth-order valence-corrected chi connectivity index (χ4v) is 3.37. The molecule has 8 nitrogen and oxygen atoms in total. The predicted molar refractivity (Wildman–Crippen MR) is 98.8 cm³/mol. The molecule has 0 radical (unpaired) electrons. The standard InChI is InChI=1S/C17H25N3O5S/c1-11-9-20(4)17(22)14-8-13(18-26(5,23)24)6-7-15(14)25-16(11)10-19(3)12(2)21/h6-8,11,16,18H,9-10H2,1-5H3/t11-,16+/m1/s1. The van der Waals surface area contributed by atoms with Crippen molar-refractivity contribution in [1.29, 1.82) is 0 Å². The van der Waals surface area contributed by atoms with Crippen molar-refractivity contribution >= 4 is 27.5 Å². The maximum absolute atomic E-state index is 12.7. The monoisotopic (exact) mass is 383 g/mol. The molecular formula is C17H25N3O5S. The van der Waals surface area contributed by atoms with Gasteiger partial charge in [-0.1, -0.05) is 6.92 Å². The van der Waals surface area contributed by atoms with E-state index in [0.717, 1.165) is 6.26 Å². The second kappa shape index (κ2) is 7.53. The molecule has 0 fully saturated rings. The molecule has 0 unspecified atom stereocenters. The molecule has 0 aliphatic carbocycles. The number of fused-ring (bicyclic) bond motifs is 1. The average Bonchev–Trinajstić information content (AvgIpc) is 2.52. The van der Waals surface area contributed by atoms with Crippen LogP contribution < -0.4 is 9.46 Å². The SMILES string of the molecule is CC(=O)N(C)C[C@@H]1Oc2ccc(NS(C)(=O)=O)cc2C(=O)N(C)C[C@H]1C. The summed E-state index contributed by atoms with van der Waals surface area (Å²) in [6.45, 7) is 4.30.